The monoisotopic (exact) mass is 522 g/mol. The van der Waals surface area contributed by atoms with E-state index in [-0.39, 0.29) is 18.2 Å². The Labute approximate surface area is 219 Å². The van der Waals surface area contributed by atoms with E-state index in [2.05, 4.69) is 10.2 Å². The van der Waals surface area contributed by atoms with Crippen molar-refractivity contribution in [2.24, 2.45) is 0 Å². The second-order valence-electron chi connectivity index (χ2n) is 8.71. The van der Waals surface area contributed by atoms with E-state index in [0.29, 0.717) is 29.9 Å². The van der Waals surface area contributed by atoms with Gasteiger partial charge in [-0.3, -0.25) is 25.1 Å². The Balaban J connectivity index is 1.20. The van der Waals surface area contributed by atoms with Crippen LogP contribution in [0.3, 0.4) is 0 Å². The van der Waals surface area contributed by atoms with Gasteiger partial charge in [-0.05, 0) is 66.1 Å². The number of benzene rings is 3. The number of nitrogens with zero attached hydrogens (tertiary/aromatic N) is 3. The van der Waals surface area contributed by atoms with E-state index in [4.69, 9.17) is 16.3 Å². The number of amides is 2. The number of ether oxygens (including phenoxy) is 1. The number of hydrogen-bond donors (Lipinski definition) is 1. The van der Waals surface area contributed by atoms with Gasteiger partial charge in [0.15, 0.2) is 0 Å². The summed E-state index contributed by atoms with van der Waals surface area (Å²) in [5, 5.41) is 14.1. The molecule has 1 heterocycles. The lowest BCUT2D eigenvalue weighted by molar-refractivity contribution is -0.384. The van der Waals surface area contributed by atoms with E-state index >= 15 is 0 Å². The van der Waals surface area contributed by atoms with Crippen LogP contribution in [0.2, 0.25) is 5.02 Å². The lowest BCUT2D eigenvalue weighted by Crippen LogP contribution is -2.49. The van der Waals surface area contributed by atoms with Gasteiger partial charge < -0.3 is 9.64 Å². The number of rotatable bonds is 8. The van der Waals surface area contributed by atoms with Crippen LogP contribution in [0.15, 0.2) is 72.8 Å². The minimum atomic E-state index is -0.660. The van der Waals surface area contributed by atoms with Crippen LogP contribution in [0.25, 0.3) is 0 Å². The zero-order chi connectivity index (χ0) is 26.2. The van der Waals surface area contributed by atoms with Crippen LogP contribution < -0.4 is 5.32 Å². The second-order valence-corrected chi connectivity index (χ2v) is 9.15. The molecular weight excluding hydrogens is 496 g/mol. The van der Waals surface area contributed by atoms with Gasteiger partial charge in [0, 0.05) is 61.1 Å². The Kier molecular flexibility index (Phi) is 8.71. The maximum Gasteiger partial charge on any atom is 0.411 e. The first-order chi connectivity index (χ1) is 17.9. The summed E-state index contributed by atoms with van der Waals surface area (Å²) in [6, 6.07) is 20.3. The van der Waals surface area contributed by atoms with E-state index in [9.17, 15) is 19.7 Å². The number of nitro groups is 1. The molecule has 0 unspecified atom stereocenters. The van der Waals surface area contributed by atoms with Gasteiger partial charge in [0.25, 0.3) is 11.6 Å². The summed E-state index contributed by atoms with van der Waals surface area (Å²) >= 11 is 5.94. The zero-order valence-electron chi connectivity index (χ0n) is 20.1. The molecule has 9 nitrogen and oxygen atoms in total. The molecule has 3 aromatic carbocycles. The predicted octanol–water partition coefficient (Wildman–Crippen LogP) is 5.00. The Morgan fingerprint density at radius 1 is 0.892 bits per heavy atom. The van der Waals surface area contributed by atoms with Crippen LogP contribution in [0.1, 0.15) is 21.5 Å². The summed E-state index contributed by atoms with van der Waals surface area (Å²) in [5.41, 5.74) is 2.90. The maximum absolute atomic E-state index is 12.9. The van der Waals surface area contributed by atoms with E-state index in [1.807, 2.05) is 29.2 Å². The number of carbonyl (C=O) groups excluding carboxylic acids is 2. The van der Waals surface area contributed by atoms with E-state index in [1.165, 1.54) is 29.8 Å². The fraction of sp³-hybridized carbons (Fsp3) is 0.259. The highest BCUT2D eigenvalue weighted by molar-refractivity contribution is 6.30. The lowest BCUT2D eigenvalue weighted by Gasteiger charge is -2.34. The van der Waals surface area contributed by atoms with Crippen molar-refractivity contribution in [3.63, 3.8) is 0 Å². The number of halogens is 1. The topological polar surface area (TPSA) is 105 Å². The van der Waals surface area contributed by atoms with Gasteiger partial charge in [0.1, 0.15) is 6.61 Å². The van der Waals surface area contributed by atoms with Gasteiger partial charge in [-0.25, -0.2) is 4.79 Å². The third-order valence-electron chi connectivity index (χ3n) is 6.18. The van der Waals surface area contributed by atoms with Gasteiger partial charge in [-0.15, -0.1) is 0 Å². The largest absolute Gasteiger partial charge is 0.444 e. The number of piperazine rings is 1. The summed E-state index contributed by atoms with van der Waals surface area (Å²) in [6.45, 7) is 3.87. The third kappa shape index (κ3) is 7.52. The van der Waals surface area contributed by atoms with Gasteiger partial charge in [0.05, 0.1) is 4.92 Å². The first-order valence-electron chi connectivity index (χ1n) is 11.9. The number of hydrogen-bond acceptors (Lipinski definition) is 6. The third-order valence-corrected chi connectivity index (χ3v) is 6.44. The van der Waals surface area contributed by atoms with E-state index in [1.54, 1.807) is 24.3 Å². The quantitative estimate of drug-likeness (QED) is 0.330. The normalized spacial score (nSPS) is 13.7. The molecule has 4 rings (SSSR count). The molecule has 1 saturated heterocycles. The van der Waals surface area contributed by atoms with E-state index < -0.39 is 11.0 Å². The molecule has 1 aliphatic rings. The zero-order valence-corrected chi connectivity index (χ0v) is 20.9. The first kappa shape index (κ1) is 26.1. The van der Waals surface area contributed by atoms with Gasteiger partial charge >= 0.3 is 6.09 Å². The molecule has 192 valence electrons. The number of non-ortho nitro benzene ring substituents is 1. The SMILES string of the molecule is O=C(Nc1ccc(C(=O)N2CCN(CCc3ccc(Cl)cc3)CC2)cc1)OCc1ccc([N+](=O)[O-])cc1. The molecule has 1 fully saturated rings. The molecular formula is C27H27ClN4O5. The molecule has 3 aromatic rings. The molecule has 0 radical (unpaired) electrons. The molecule has 2 amide bonds. The summed E-state index contributed by atoms with van der Waals surface area (Å²) in [5.74, 6) is -0.0374. The van der Waals surface area contributed by atoms with Crippen molar-refractivity contribution in [3.8, 4) is 0 Å². The van der Waals surface area contributed by atoms with E-state index in [0.717, 1.165) is 31.1 Å². The molecule has 1 N–H and O–H groups in total. The highest BCUT2D eigenvalue weighted by atomic mass is 35.5. The summed E-state index contributed by atoms with van der Waals surface area (Å²) in [7, 11) is 0. The first-order valence-corrected chi connectivity index (χ1v) is 12.3. The minimum Gasteiger partial charge on any atom is -0.444 e. The van der Waals surface area contributed by atoms with Crippen molar-refractivity contribution < 1.29 is 19.2 Å². The summed E-state index contributed by atoms with van der Waals surface area (Å²) in [6.07, 6.45) is 0.280. The van der Waals surface area contributed by atoms with Crippen LogP contribution in [-0.4, -0.2) is 59.4 Å². The Bertz CT molecular complexity index is 1230. The van der Waals surface area contributed by atoms with Crippen molar-refractivity contribution in [2.45, 2.75) is 13.0 Å². The molecule has 0 bridgehead atoms. The Morgan fingerprint density at radius 2 is 1.51 bits per heavy atom. The molecule has 1 aliphatic heterocycles. The molecule has 0 atom stereocenters. The van der Waals surface area contributed by atoms with Crippen LogP contribution >= 0.6 is 11.6 Å². The standard InChI is InChI=1S/C27H27ClN4O5/c28-23-7-1-20(2-8-23)13-14-30-15-17-31(18-16-30)26(33)22-5-9-24(10-6-22)29-27(34)37-19-21-3-11-25(12-4-21)32(35)36/h1-12H,13-19H2,(H,29,34). The van der Waals surface area contributed by atoms with Crippen LogP contribution in [0.4, 0.5) is 16.2 Å². The highest BCUT2D eigenvalue weighted by Crippen LogP contribution is 2.16. The molecule has 0 spiro atoms. The van der Waals surface area contributed by atoms with Crippen LogP contribution in [0, 0.1) is 10.1 Å². The van der Waals surface area contributed by atoms with Crippen molar-refractivity contribution >= 4 is 35.0 Å². The molecule has 0 aliphatic carbocycles. The van der Waals surface area contributed by atoms with Crippen molar-refractivity contribution in [3.05, 3.63) is 105 Å². The van der Waals surface area contributed by atoms with Crippen molar-refractivity contribution in [2.75, 3.05) is 38.0 Å². The predicted molar refractivity (Wildman–Crippen MR) is 141 cm³/mol. The van der Waals surface area contributed by atoms with Crippen LogP contribution in [0.5, 0.6) is 0 Å². The molecule has 37 heavy (non-hydrogen) atoms. The van der Waals surface area contributed by atoms with Gasteiger partial charge in [-0.2, -0.15) is 0 Å². The van der Waals surface area contributed by atoms with Crippen molar-refractivity contribution in [1.29, 1.82) is 0 Å². The molecule has 0 aromatic heterocycles. The fourth-order valence-corrected chi connectivity index (χ4v) is 4.13. The number of nitrogens with one attached hydrogen (secondary N) is 1. The number of carbonyl (C=O) groups is 2. The molecule has 10 heteroatoms. The average Bonchev–Trinajstić information content (AvgIpc) is 2.92. The average molecular weight is 523 g/mol. The highest BCUT2D eigenvalue weighted by Gasteiger charge is 2.22. The minimum absolute atomic E-state index is 0.0218. The van der Waals surface area contributed by atoms with Gasteiger partial charge in [-0.1, -0.05) is 23.7 Å². The van der Waals surface area contributed by atoms with Crippen LogP contribution in [-0.2, 0) is 17.8 Å². The van der Waals surface area contributed by atoms with Gasteiger partial charge in [0.2, 0.25) is 0 Å². The van der Waals surface area contributed by atoms with Crippen molar-refractivity contribution in [1.82, 2.24) is 9.80 Å². The fourth-order valence-electron chi connectivity index (χ4n) is 4.01. The second kappa shape index (κ2) is 12.3. The lowest BCUT2D eigenvalue weighted by atomic mass is 10.1. The summed E-state index contributed by atoms with van der Waals surface area (Å²) < 4.78 is 5.16. The Hall–Kier alpha value is -3.95. The smallest absolute Gasteiger partial charge is 0.411 e. The summed E-state index contributed by atoms with van der Waals surface area (Å²) in [4.78, 5) is 39.4. The molecule has 0 saturated carbocycles. The number of anilines is 1. The maximum atomic E-state index is 12.9. The number of nitro benzene ring substituents is 1. The Morgan fingerprint density at radius 3 is 2.14 bits per heavy atom.